The van der Waals surface area contributed by atoms with E-state index in [9.17, 15) is 0 Å². The summed E-state index contributed by atoms with van der Waals surface area (Å²) in [4.78, 5) is 0. The lowest BCUT2D eigenvalue weighted by Crippen LogP contribution is -2.14. The van der Waals surface area contributed by atoms with E-state index in [0.717, 1.165) is 33.0 Å². The van der Waals surface area contributed by atoms with Crippen molar-refractivity contribution in [2.24, 2.45) is 5.73 Å². The van der Waals surface area contributed by atoms with Crippen molar-refractivity contribution >= 4 is 23.2 Å². The summed E-state index contributed by atoms with van der Waals surface area (Å²) in [5, 5.41) is 1.39. The first-order valence-corrected chi connectivity index (χ1v) is 7.05. The standard InChI is InChI=1S/C16H17Cl2NO/c1-9-7-14(18)10(2)6-12(9)16(19)13-8-11(17)4-5-15(13)20-3/h4-8,16H,19H2,1-3H3. The molecule has 2 rings (SSSR count). The average molecular weight is 310 g/mol. The highest BCUT2D eigenvalue weighted by Gasteiger charge is 2.17. The molecule has 1 unspecified atom stereocenters. The van der Waals surface area contributed by atoms with Gasteiger partial charge in [-0.1, -0.05) is 29.3 Å². The highest BCUT2D eigenvalue weighted by atomic mass is 35.5. The zero-order valence-corrected chi connectivity index (χ0v) is 13.2. The second-order valence-electron chi connectivity index (χ2n) is 4.82. The number of rotatable bonds is 3. The summed E-state index contributed by atoms with van der Waals surface area (Å²) < 4.78 is 5.37. The second-order valence-corrected chi connectivity index (χ2v) is 5.67. The van der Waals surface area contributed by atoms with Crippen LogP contribution in [0.4, 0.5) is 0 Å². The number of aryl methyl sites for hydroxylation is 2. The van der Waals surface area contributed by atoms with Crippen molar-refractivity contribution in [3.05, 3.63) is 62.6 Å². The Bertz CT molecular complexity index is 641. The van der Waals surface area contributed by atoms with E-state index in [4.69, 9.17) is 33.7 Å². The van der Waals surface area contributed by atoms with E-state index >= 15 is 0 Å². The summed E-state index contributed by atoms with van der Waals surface area (Å²) in [6.45, 7) is 3.96. The summed E-state index contributed by atoms with van der Waals surface area (Å²) in [5.41, 5.74) is 10.3. The first-order valence-electron chi connectivity index (χ1n) is 6.29. The number of hydrogen-bond donors (Lipinski definition) is 1. The fraction of sp³-hybridized carbons (Fsp3) is 0.250. The minimum atomic E-state index is -0.306. The molecule has 0 aliphatic carbocycles. The van der Waals surface area contributed by atoms with Crippen LogP contribution in [0, 0.1) is 13.8 Å². The Morgan fingerprint density at radius 1 is 1.00 bits per heavy atom. The Hall–Kier alpha value is -1.22. The first kappa shape index (κ1) is 15.2. The number of nitrogens with two attached hydrogens (primary N) is 1. The van der Waals surface area contributed by atoms with Gasteiger partial charge in [-0.15, -0.1) is 0 Å². The van der Waals surface area contributed by atoms with E-state index in [-0.39, 0.29) is 6.04 Å². The van der Waals surface area contributed by atoms with E-state index in [1.165, 1.54) is 0 Å². The fourth-order valence-electron chi connectivity index (χ4n) is 2.25. The maximum absolute atomic E-state index is 6.40. The number of benzene rings is 2. The van der Waals surface area contributed by atoms with E-state index in [0.29, 0.717) is 5.02 Å². The van der Waals surface area contributed by atoms with Crippen LogP contribution in [-0.4, -0.2) is 7.11 Å². The molecule has 2 N–H and O–H groups in total. The summed E-state index contributed by atoms with van der Waals surface area (Å²) >= 11 is 12.2. The van der Waals surface area contributed by atoms with Crippen LogP contribution in [0.2, 0.25) is 10.0 Å². The van der Waals surface area contributed by atoms with Crippen LogP contribution in [0.1, 0.15) is 28.3 Å². The molecule has 0 aliphatic heterocycles. The number of methoxy groups -OCH3 is 1. The lowest BCUT2D eigenvalue weighted by atomic mass is 9.93. The zero-order chi connectivity index (χ0) is 14.9. The Kier molecular flexibility index (Phi) is 4.59. The predicted molar refractivity (Wildman–Crippen MR) is 85.0 cm³/mol. The molecule has 2 aromatic rings. The van der Waals surface area contributed by atoms with Crippen LogP contribution in [0.25, 0.3) is 0 Å². The lowest BCUT2D eigenvalue weighted by Gasteiger charge is -2.19. The van der Waals surface area contributed by atoms with Gasteiger partial charge in [-0.2, -0.15) is 0 Å². The molecule has 2 aromatic carbocycles. The normalized spacial score (nSPS) is 12.3. The van der Waals surface area contributed by atoms with Gasteiger partial charge in [0.05, 0.1) is 13.2 Å². The molecule has 106 valence electrons. The summed E-state index contributed by atoms with van der Waals surface area (Å²) in [6, 6.07) is 9.10. The second kappa shape index (κ2) is 6.04. The molecular formula is C16H17Cl2NO. The monoisotopic (exact) mass is 309 g/mol. The largest absolute Gasteiger partial charge is 0.496 e. The van der Waals surface area contributed by atoms with Gasteiger partial charge in [0.1, 0.15) is 5.75 Å². The van der Waals surface area contributed by atoms with Gasteiger partial charge < -0.3 is 10.5 Å². The van der Waals surface area contributed by atoms with Gasteiger partial charge in [-0.05, 0) is 54.8 Å². The minimum Gasteiger partial charge on any atom is -0.496 e. The first-order chi connectivity index (χ1) is 9.43. The maximum atomic E-state index is 6.40. The Balaban J connectivity index is 2.54. The molecule has 0 fully saturated rings. The highest BCUT2D eigenvalue weighted by Crippen LogP contribution is 2.33. The van der Waals surface area contributed by atoms with Crippen LogP contribution in [0.5, 0.6) is 5.75 Å². The van der Waals surface area contributed by atoms with Gasteiger partial charge in [-0.3, -0.25) is 0 Å². The molecule has 0 heterocycles. The third-order valence-electron chi connectivity index (χ3n) is 3.41. The minimum absolute atomic E-state index is 0.306. The van der Waals surface area contributed by atoms with Crippen LogP contribution < -0.4 is 10.5 Å². The van der Waals surface area contributed by atoms with Gasteiger partial charge in [0.25, 0.3) is 0 Å². The van der Waals surface area contributed by atoms with Gasteiger partial charge in [-0.25, -0.2) is 0 Å². The van der Waals surface area contributed by atoms with Crippen molar-refractivity contribution in [1.82, 2.24) is 0 Å². The molecule has 4 heteroatoms. The van der Waals surface area contributed by atoms with Crippen molar-refractivity contribution < 1.29 is 4.74 Å². The predicted octanol–water partition coefficient (Wildman–Crippen LogP) is 4.67. The molecule has 2 nitrogen and oxygen atoms in total. The molecular weight excluding hydrogens is 293 g/mol. The summed E-state index contributed by atoms with van der Waals surface area (Å²) in [7, 11) is 1.62. The molecule has 0 saturated heterocycles. The summed E-state index contributed by atoms with van der Waals surface area (Å²) in [6.07, 6.45) is 0. The Morgan fingerprint density at radius 3 is 2.35 bits per heavy atom. The lowest BCUT2D eigenvalue weighted by molar-refractivity contribution is 0.408. The average Bonchev–Trinajstić information content (AvgIpc) is 2.42. The number of ether oxygens (including phenoxy) is 1. The van der Waals surface area contributed by atoms with Crippen molar-refractivity contribution in [2.45, 2.75) is 19.9 Å². The Labute approximate surface area is 129 Å². The van der Waals surface area contributed by atoms with Crippen LogP contribution >= 0.6 is 23.2 Å². The van der Waals surface area contributed by atoms with Crippen molar-refractivity contribution in [2.75, 3.05) is 7.11 Å². The van der Waals surface area contributed by atoms with Crippen LogP contribution in [0.3, 0.4) is 0 Å². The maximum Gasteiger partial charge on any atom is 0.124 e. The number of hydrogen-bond acceptors (Lipinski definition) is 2. The molecule has 1 atom stereocenters. The van der Waals surface area contributed by atoms with E-state index in [1.54, 1.807) is 13.2 Å². The fourth-order valence-corrected chi connectivity index (χ4v) is 2.65. The zero-order valence-electron chi connectivity index (χ0n) is 11.7. The van der Waals surface area contributed by atoms with Gasteiger partial charge in [0, 0.05) is 15.6 Å². The number of halogens is 2. The molecule has 0 amide bonds. The van der Waals surface area contributed by atoms with E-state index < -0.39 is 0 Å². The molecule has 20 heavy (non-hydrogen) atoms. The molecule has 0 spiro atoms. The van der Waals surface area contributed by atoms with Gasteiger partial charge in [0.2, 0.25) is 0 Å². The van der Waals surface area contributed by atoms with E-state index in [1.807, 2.05) is 38.1 Å². The SMILES string of the molecule is COc1ccc(Cl)cc1C(N)c1cc(C)c(Cl)cc1C. The van der Waals surface area contributed by atoms with Crippen molar-refractivity contribution in [3.63, 3.8) is 0 Å². The summed E-state index contributed by atoms with van der Waals surface area (Å²) in [5.74, 6) is 0.730. The van der Waals surface area contributed by atoms with Crippen molar-refractivity contribution in [3.8, 4) is 5.75 Å². The third-order valence-corrected chi connectivity index (χ3v) is 4.05. The van der Waals surface area contributed by atoms with Gasteiger partial charge >= 0.3 is 0 Å². The smallest absolute Gasteiger partial charge is 0.124 e. The molecule has 0 bridgehead atoms. The quantitative estimate of drug-likeness (QED) is 0.894. The highest BCUT2D eigenvalue weighted by molar-refractivity contribution is 6.31. The van der Waals surface area contributed by atoms with Gasteiger partial charge in [0.15, 0.2) is 0 Å². The van der Waals surface area contributed by atoms with E-state index in [2.05, 4.69) is 0 Å². The Morgan fingerprint density at radius 2 is 1.70 bits per heavy atom. The molecule has 0 aliphatic rings. The molecule has 0 aromatic heterocycles. The van der Waals surface area contributed by atoms with Crippen molar-refractivity contribution in [1.29, 1.82) is 0 Å². The van der Waals surface area contributed by atoms with Crippen LogP contribution in [0.15, 0.2) is 30.3 Å². The molecule has 0 radical (unpaired) electrons. The van der Waals surface area contributed by atoms with Crippen LogP contribution in [-0.2, 0) is 0 Å². The third kappa shape index (κ3) is 2.93. The molecule has 0 saturated carbocycles. The topological polar surface area (TPSA) is 35.2 Å².